The molecule has 1 rings (SSSR count). The Kier molecular flexibility index (Phi) is 6.98. The van der Waals surface area contributed by atoms with Crippen LogP contribution < -0.4 is 16.2 Å². The number of rotatable bonds is 7. The fourth-order valence-corrected chi connectivity index (χ4v) is 3.22. The first-order chi connectivity index (χ1) is 9.88. The molecule has 4 N–H and O–H groups in total. The molecule has 0 heterocycles. The van der Waals surface area contributed by atoms with Gasteiger partial charge in [0.05, 0.1) is 6.61 Å². The second kappa shape index (κ2) is 8.02. The van der Waals surface area contributed by atoms with Crippen LogP contribution in [0.2, 0.25) is 5.02 Å². The van der Waals surface area contributed by atoms with Crippen LogP contribution >= 0.6 is 11.6 Å². The SMILES string of the molecule is CCOc1c(C)cc(Cl)c(C)c1C(C)C(C)C(CN)CN. The molecule has 0 aliphatic rings. The fourth-order valence-electron chi connectivity index (χ4n) is 2.96. The Bertz CT molecular complexity index is 472. The third-order valence-corrected chi connectivity index (χ3v) is 4.98. The molecule has 2 atom stereocenters. The highest BCUT2D eigenvalue weighted by atomic mass is 35.5. The van der Waals surface area contributed by atoms with Crippen LogP contribution in [0.3, 0.4) is 0 Å². The average molecular weight is 313 g/mol. The van der Waals surface area contributed by atoms with E-state index in [0.29, 0.717) is 37.5 Å². The monoisotopic (exact) mass is 312 g/mol. The number of nitrogens with two attached hydrogens (primary N) is 2. The molecule has 0 bridgehead atoms. The molecule has 120 valence electrons. The molecular weight excluding hydrogens is 284 g/mol. The summed E-state index contributed by atoms with van der Waals surface area (Å²) in [6, 6.07) is 1.98. The summed E-state index contributed by atoms with van der Waals surface area (Å²) in [4.78, 5) is 0. The topological polar surface area (TPSA) is 61.3 Å². The summed E-state index contributed by atoms with van der Waals surface area (Å²) in [5.74, 6) is 1.93. The van der Waals surface area contributed by atoms with Crippen molar-refractivity contribution in [1.29, 1.82) is 0 Å². The quantitative estimate of drug-likeness (QED) is 0.808. The number of hydrogen-bond donors (Lipinski definition) is 2. The van der Waals surface area contributed by atoms with Crippen molar-refractivity contribution in [3.05, 3.63) is 27.8 Å². The molecule has 2 unspecified atom stereocenters. The second-order valence-corrected chi connectivity index (χ2v) is 6.26. The number of aryl methyl sites for hydroxylation is 1. The van der Waals surface area contributed by atoms with E-state index in [1.54, 1.807) is 0 Å². The normalized spacial score (nSPS) is 14.3. The summed E-state index contributed by atoms with van der Waals surface area (Å²) in [5, 5.41) is 0.794. The van der Waals surface area contributed by atoms with Crippen molar-refractivity contribution < 1.29 is 4.74 Å². The van der Waals surface area contributed by atoms with E-state index < -0.39 is 0 Å². The molecule has 0 aliphatic carbocycles. The maximum absolute atomic E-state index is 6.38. The average Bonchev–Trinajstić information content (AvgIpc) is 2.45. The molecule has 0 saturated heterocycles. The fraction of sp³-hybridized carbons (Fsp3) is 0.647. The van der Waals surface area contributed by atoms with Crippen LogP contribution in [-0.4, -0.2) is 19.7 Å². The molecule has 1 aromatic carbocycles. The largest absolute Gasteiger partial charge is 0.493 e. The van der Waals surface area contributed by atoms with Gasteiger partial charge in [-0.2, -0.15) is 0 Å². The first kappa shape index (κ1) is 18.3. The predicted molar refractivity (Wildman–Crippen MR) is 91.3 cm³/mol. The zero-order chi connectivity index (χ0) is 16.2. The Hall–Kier alpha value is -0.770. The van der Waals surface area contributed by atoms with Crippen LogP contribution in [0.25, 0.3) is 0 Å². The van der Waals surface area contributed by atoms with E-state index in [2.05, 4.69) is 20.8 Å². The molecule has 0 radical (unpaired) electrons. The van der Waals surface area contributed by atoms with Crippen LogP contribution in [0.1, 0.15) is 43.4 Å². The Labute approximate surface area is 134 Å². The van der Waals surface area contributed by atoms with Gasteiger partial charge in [0.2, 0.25) is 0 Å². The molecule has 1 aromatic rings. The van der Waals surface area contributed by atoms with Gasteiger partial charge < -0.3 is 16.2 Å². The van der Waals surface area contributed by atoms with Gasteiger partial charge in [0, 0.05) is 10.6 Å². The molecule has 21 heavy (non-hydrogen) atoms. The molecule has 3 nitrogen and oxygen atoms in total. The summed E-state index contributed by atoms with van der Waals surface area (Å²) < 4.78 is 5.90. The van der Waals surface area contributed by atoms with E-state index in [4.69, 9.17) is 27.8 Å². The minimum Gasteiger partial charge on any atom is -0.493 e. The predicted octanol–water partition coefficient (Wildman–Crippen LogP) is 3.63. The number of hydrogen-bond acceptors (Lipinski definition) is 3. The van der Waals surface area contributed by atoms with Gasteiger partial charge in [0.25, 0.3) is 0 Å². The Balaban J connectivity index is 3.32. The highest BCUT2D eigenvalue weighted by Crippen LogP contribution is 2.41. The first-order valence-electron chi connectivity index (χ1n) is 7.71. The van der Waals surface area contributed by atoms with Crippen molar-refractivity contribution in [2.24, 2.45) is 23.3 Å². The van der Waals surface area contributed by atoms with E-state index in [0.717, 1.165) is 21.9 Å². The summed E-state index contributed by atoms with van der Waals surface area (Å²) in [6.07, 6.45) is 0. The van der Waals surface area contributed by atoms with Gasteiger partial charge in [-0.25, -0.2) is 0 Å². The molecule has 0 spiro atoms. The van der Waals surface area contributed by atoms with Crippen molar-refractivity contribution >= 4 is 11.6 Å². The summed E-state index contributed by atoms with van der Waals surface area (Å²) in [6.45, 7) is 12.4. The van der Waals surface area contributed by atoms with Crippen molar-refractivity contribution in [1.82, 2.24) is 0 Å². The number of ether oxygens (including phenoxy) is 1. The van der Waals surface area contributed by atoms with Crippen molar-refractivity contribution in [3.63, 3.8) is 0 Å². The lowest BCUT2D eigenvalue weighted by Gasteiger charge is -2.30. The zero-order valence-electron chi connectivity index (χ0n) is 13.9. The lowest BCUT2D eigenvalue weighted by molar-refractivity contribution is 0.303. The summed E-state index contributed by atoms with van der Waals surface area (Å²) >= 11 is 6.38. The maximum atomic E-state index is 6.38. The standard InChI is InChI=1S/C17H29ClN2O/c1-6-21-17-10(2)7-15(18)13(5)16(17)12(4)11(3)14(8-19)9-20/h7,11-12,14H,6,8-9,19-20H2,1-5H3. The van der Waals surface area contributed by atoms with Gasteiger partial charge >= 0.3 is 0 Å². The van der Waals surface area contributed by atoms with E-state index >= 15 is 0 Å². The molecule has 0 aliphatic heterocycles. The van der Waals surface area contributed by atoms with Crippen LogP contribution in [0, 0.1) is 25.7 Å². The number of benzene rings is 1. The third-order valence-electron chi connectivity index (χ3n) is 4.59. The minimum absolute atomic E-state index is 0.293. The lowest BCUT2D eigenvalue weighted by Crippen LogP contribution is -2.32. The highest BCUT2D eigenvalue weighted by Gasteiger charge is 2.27. The maximum Gasteiger partial charge on any atom is 0.126 e. The minimum atomic E-state index is 0.293. The Morgan fingerprint density at radius 3 is 2.24 bits per heavy atom. The van der Waals surface area contributed by atoms with Crippen LogP contribution in [0.15, 0.2) is 6.07 Å². The van der Waals surface area contributed by atoms with Crippen LogP contribution in [0.4, 0.5) is 0 Å². The van der Waals surface area contributed by atoms with Gasteiger partial charge in [0.15, 0.2) is 0 Å². The van der Waals surface area contributed by atoms with Gasteiger partial charge in [-0.05, 0) is 68.8 Å². The van der Waals surface area contributed by atoms with Crippen LogP contribution in [-0.2, 0) is 0 Å². The van der Waals surface area contributed by atoms with Crippen molar-refractivity contribution in [2.45, 2.75) is 40.5 Å². The molecule has 0 saturated carbocycles. The van der Waals surface area contributed by atoms with Crippen molar-refractivity contribution in [2.75, 3.05) is 19.7 Å². The Morgan fingerprint density at radius 2 is 1.76 bits per heavy atom. The van der Waals surface area contributed by atoms with E-state index in [9.17, 15) is 0 Å². The summed E-state index contributed by atoms with van der Waals surface area (Å²) in [5.41, 5.74) is 15.1. The molecule has 0 aromatic heterocycles. The van der Waals surface area contributed by atoms with E-state index in [1.165, 1.54) is 5.56 Å². The zero-order valence-corrected chi connectivity index (χ0v) is 14.6. The molecule has 0 fully saturated rings. The molecule has 4 heteroatoms. The lowest BCUT2D eigenvalue weighted by atomic mass is 9.78. The Morgan fingerprint density at radius 1 is 1.19 bits per heavy atom. The van der Waals surface area contributed by atoms with E-state index in [-0.39, 0.29) is 0 Å². The highest BCUT2D eigenvalue weighted by molar-refractivity contribution is 6.31. The molecular formula is C17H29ClN2O. The van der Waals surface area contributed by atoms with E-state index in [1.807, 2.05) is 19.9 Å². The van der Waals surface area contributed by atoms with Gasteiger partial charge in [0.1, 0.15) is 5.75 Å². The first-order valence-corrected chi connectivity index (χ1v) is 8.09. The summed E-state index contributed by atoms with van der Waals surface area (Å²) in [7, 11) is 0. The van der Waals surface area contributed by atoms with Gasteiger partial charge in [-0.1, -0.05) is 25.4 Å². The number of halogens is 1. The van der Waals surface area contributed by atoms with Crippen LogP contribution in [0.5, 0.6) is 5.75 Å². The smallest absolute Gasteiger partial charge is 0.126 e. The van der Waals surface area contributed by atoms with Crippen molar-refractivity contribution in [3.8, 4) is 5.75 Å². The van der Waals surface area contributed by atoms with Gasteiger partial charge in [-0.15, -0.1) is 0 Å². The third kappa shape index (κ3) is 3.91. The second-order valence-electron chi connectivity index (χ2n) is 5.86. The molecule has 0 amide bonds. The van der Waals surface area contributed by atoms with Gasteiger partial charge in [-0.3, -0.25) is 0 Å².